The van der Waals surface area contributed by atoms with Crippen LogP contribution in [0.25, 0.3) is 0 Å². The number of benzene rings is 1. The Bertz CT molecular complexity index is 468. The van der Waals surface area contributed by atoms with Crippen LogP contribution in [-0.4, -0.2) is 31.2 Å². The van der Waals surface area contributed by atoms with Crippen molar-refractivity contribution in [1.29, 1.82) is 0 Å². The van der Waals surface area contributed by atoms with Gasteiger partial charge in [0.05, 0.1) is 19.1 Å². The molecule has 3 nitrogen and oxygen atoms in total. The highest BCUT2D eigenvalue weighted by atomic mass is 19.3. The molecule has 0 aromatic heterocycles. The average Bonchev–Trinajstić information content (AvgIpc) is 2.37. The number of hydrogen-bond acceptors (Lipinski definition) is 3. The van der Waals surface area contributed by atoms with Crippen molar-refractivity contribution in [2.45, 2.75) is 18.8 Å². The molecule has 0 aliphatic carbocycles. The van der Waals surface area contributed by atoms with Gasteiger partial charge in [-0.3, -0.25) is 4.79 Å². The number of esters is 1. The van der Waals surface area contributed by atoms with Gasteiger partial charge >= 0.3 is 18.3 Å². The number of carbonyl (C=O) groups excluding carboxylic acids is 2. The van der Waals surface area contributed by atoms with Gasteiger partial charge in [-0.1, -0.05) is 12.1 Å². The Kier molecular flexibility index (Phi) is 4.63. The Hall–Kier alpha value is -1.92. The van der Waals surface area contributed by atoms with Crippen LogP contribution in [0.5, 0.6) is 0 Å². The molecule has 0 heterocycles. The van der Waals surface area contributed by atoms with E-state index in [0.717, 1.165) is 19.2 Å². The Morgan fingerprint density at radius 1 is 1.16 bits per heavy atom. The normalized spacial score (nSPS) is 11.5. The molecule has 0 radical (unpaired) electrons. The number of Topliss-reactive ketones (excluding diaryl/α,β-unsaturated/α-hetero) is 1. The topological polar surface area (TPSA) is 43.4 Å². The van der Waals surface area contributed by atoms with Gasteiger partial charge in [0, 0.05) is 5.56 Å². The van der Waals surface area contributed by atoms with Gasteiger partial charge in [-0.2, -0.15) is 8.78 Å². The zero-order valence-electron chi connectivity index (χ0n) is 9.83. The molecule has 0 saturated carbocycles. The smallest absolute Gasteiger partial charge is 0.337 e. The minimum absolute atomic E-state index is 0.125. The summed E-state index contributed by atoms with van der Waals surface area (Å²) < 4.78 is 53.7. The monoisotopic (exact) mass is 278 g/mol. The number of halogens is 4. The van der Waals surface area contributed by atoms with Gasteiger partial charge in [0.2, 0.25) is 0 Å². The molecular formula is C12H10F4O3. The molecule has 1 aromatic rings. The van der Waals surface area contributed by atoms with Crippen molar-refractivity contribution < 1.29 is 31.9 Å². The maximum Gasteiger partial charge on any atom is 0.337 e. The molecule has 1 aromatic carbocycles. The summed E-state index contributed by atoms with van der Waals surface area (Å²) in [4.78, 5) is 22.5. The molecule has 0 amide bonds. The Morgan fingerprint density at radius 3 is 2.05 bits per heavy atom. The van der Waals surface area contributed by atoms with E-state index < -0.39 is 30.5 Å². The lowest BCUT2D eigenvalue weighted by Crippen LogP contribution is -2.29. The molecule has 0 fully saturated rings. The van der Waals surface area contributed by atoms with Gasteiger partial charge in [-0.05, 0) is 12.1 Å². The summed E-state index contributed by atoms with van der Waals surface area (Å²) in [7, 11) is 1.16. The van der Waals surface area contributed by atoms with Crippen LogP contribution in [0.15, 0.2) is 24.3 Å². The lowest BCUT2D eigenvalue weighted by molar-refractivity contribution is -0.125. The van der Waals surface area contributed by atoms with Crippen molar-refractivity contribution in [3.05, 3.63) is 35.4 Å². The molecule has 104 valence electrons. The van der Waals surface area contributed by atoms with Crippen LogP contribution in [0, 0.1) is 0 Å². The van der Waals surface area contributed by atoms with Gasteiger partial charge in [0.1, 0.15) is 0 Å². The number of rotatable bonds is 5. The first-order chi connectivity index (χ1) is 8.77. The number of ketones is 1. The molecule has 0 spiro atoms. The third-order valence-electron chi connectivity index (χ3n) is 2.34. The Morgan fingerprint density at radius 2 is 1.63 bits per heavy atom. The van der Waals surface area contributed by atoms with E-state index in [0.29, 0.717) is 0 Å². The lowest BCUT2D eigenvalue weighted by Gasteiger charge is -2.14. The maximum atomic E-state index is 12.7. The fourth-order valence-corrected chi connectivity index (χ4v) is 1.30. The van der Waals surface area contributed by atoms with Crippen molar-refractivity contribution >= 4 is 11.8 Å². The largest absolute Gasteiger partial charge is 0.465 e. The highest BCUT2D eigenvalue weighted by Crippen LogP contribution is 2.28. The minimum Gasteiger partial charge on any atom is -0.465 e. The minimum atomic E-state index is -4.36. The van der Waals surface area contributed by atoms with E-state index in [-0.39, 0.29) is 11.1 Å². The summed E-state index contributed by atoms with van der Waals surface area (Å²) in [5, 5.41) is 0. The summed E-state index contributed by atoms with van der Waals surface area (Å²) in [6.45, 7) is 0. The van der Waals surface area contributed by atoms with Crippen molar-refractivity contribution in [2.75, 3.05) is 7.11 Å². The first kappa shape index (κ1) is 15.1. The number of carbonyl (C=O) groups is 2. The number of alkyl halides is 4. The van der Waals surface area contributed by atoms with E-state index in [1.165, 1.54) is 12.1 Å². The van der Waals surface area contributed by atoms with Crippen molar-refractivity contribution in [2.24, 2.45) is 0 Å². The summed E-state index contributed by atoms with van der Waals surface area (Å²) in [6.07, 6.45) is -5.48. The van der Waals surface area contributed by atoms with Crippen LogP contribution < -0.4 is 0 Å². The number of ether oxygens (including phenoxy) is 1. The summed E-state index contributed by atoms with van der Waals surface area (Å²) in [6, 6.07) is 4.60. The average molecular weight is 278 g/mol. The standard InChI is InChI=1S/C12H10F4O3/c1-19-10(18)8-4-2-7(3-5-8)9(17)6-12(15,16)11(13)14/h2-5,11H,6H2,1H3. The summed E-state index contributed by atoms with van der Waals surface area (Å²) >= 11 is 0. The quantitative estimate of drug-likeness (QED) is 0.472. The third kappa shape index (κ3) is 3.77. The highest BCUT2D eigenvalue weighted by Gasteiger charge is 2.42. The second kappa shape index (κ2) is 5.81. The first-order valence-electron chi connectivity index (χ1n) is 5.15. The zero-order chi connectivity index (χ0) is 14.6. The molecule has 0 aliphatic heterocycles. The van der Waals surface area contributed by atoms with Crippen molar-refractivity contribution in [1.82, 2.24) is 0 Å². The van der Waals surface area contributed by atoms with Gasteiger partial charge in [0.15, 0.2) is 5.78 Å². The number of methoxy groups -OCH3 is 1. The molecule has 0 aliphatic rings. The summed E-state index contributed by atoms with van der Waals surface area (Å²) in [5.41, 5.74) is -0.0485. The molecule has 0 saturated heterocycles. The third-order valence-corrected chi connectivity index (χ3v) is 2.34. The second-order valence-electron chi connectivity index (χ2n) is 3.73. The predicted molar refractivity (Wildman–Crippen MR) is 57.7 cm³/mol. The Labute approximate surface area is 106 Å². The number of hydrogen-bond donors (Lipinski definition) is 0. The van der Waals surface area contributed by atoms with Crippen LogP contribution in [0.1, 0.15) is 27.1 Å². The molecule has 7 heteroatoms. The van der Waals surface area contributed by atoms with E-state index in [4.69, 9.17) is 0 Å². The van der Waals surface area contributed by atoms with E-state index in [9.17, 15) is 27.2 Å². The van der Waals surface area contributed by atoms with E-state index in [1.807, 2.05) is 0 Å². The predicted octanol–water partition coefficient (Wildman–Crippen LogP) is 2.95. The lowest BCUT2D eigenvalue weighted by atomic mass is 10.0. The van der Waals surface area contributed by atoms with Crippen LogP contribution in [0.2, 0.25) is 0 Å². The highest BCUT2D eigenvalue weighted by molar-refractivity contribution is 5.98. The fourth-order valence-electron chi connectivity index (χ4n) is 1.30. The van der Waals surface area contributed by atoms with Gasteiger partial charge < -0.3 is 4.74 Å². The van der Waals surface area contributed by atoms with Gasteiger partial charge in [-0.15, -0.1) is 0 Å². The molecule has 1 rings (SSSR count). The maximum absolute atomic E-state index is 12.7. The SMILES string of the molecule is COC(=O)c1ccc(C(=O)CC(F)(F)C(F)F)cc1. The fraction of sp³-hybridized carbons (Fsp3) is 0.333. The summed E-state index contributed by atoms with van der Waals surface area (Å²) in [5.74, 6) is -6.14. The van der Waals surface area contributed by atoms with Crippen LogP contribution >= 0.6 is 0 Å². The van der Waals surface area contributed by atoms with E-state index >= 15 is 0 Å². The molecule has 19 heavy (non-hydrogen) atoms. The second-order valence-corrected chi connectivity index (χ2v) is 3.73. The van der Waals surface area contributed by atoms with Gasteiger partial charge in [0.25, 0.3) is 0 Å². The van der Waals surface area contributed by atoms with E-state index in [2.05, 4.69) is 4.74 Å². The molecule has 0 N–H and O–H groups in total. The first-order valence-corrected chi connectivity index (χ1v) is 5.15. The zero-order valence-corrected chi connectivity index (χ0v) is 9.83. The Balaban J connectivity index is 2.82. The molecule has 0 bridgehead atoms. The molecular weight excluding hydrogens is 268 g/mol. The van der Waals surface area contributed by atoms with Crippen molar-refractivity contribution in [3.63, 3.8) is 0 Å². The van der Waals surface area contributed by atoms with Gasteiger partial charge in [-0.25, -0.2) is 13.6 Å². The van der Waals surface area contributed by atoms with Crippen LogP contribution in [0.4, 0.5) is 17.6 Å². The van der Waals surface area contributed by atoms with Crippen LogP contribution in [-0.2, 0) is 4.74 Å². The molecule has 0 atom stereocenters. The van der Waals surface area contributed by atoms with E-state index in [1.54, 1.807) is 0 Å². The molecule has 0 unspecified atom stereocenters. The van der Waals surface area contributed by atoms with Crippen molar-refractivity contribution in [3.8, 4) is 0 Å². The van der Waals surface area contributed by atoms with Crippen LogP contribution in [0.3, 0.4) is 0 Å².